The maximum absolute atomic E-state index is 12.6. The Hall–Kier alpha value is -1.03. The monoisotopic (exact) mass is 723 g/mol. The summed E-state index contributed by atoms with van der Waals surface area (Å²) in [5.74, 6) is -0.915. The lowest BCUT2D eigenvalue weighted by Crippen LogP contribution is -2.29. The van der Waals surface area contributed by atoms with Crippen LogP contribution < -0.4 is 0 Å². The summed E-state index contributed by atoms with van der Waals surface area (Å²) in [6.45, 7) is 2.38. The number of hydrogen-bond acceptors (Lipinski definition) is 9. The molecule has 0 aromatic carbocycles. The normalized spacial score (nSPS) is 14.0. The Morgan fingerprint density at radius 2 is 0.878 bits per heavy atom. The van der Waals surface area contributed by atoms with Crippen LogP contribution in [-0.2, 0) is 32.7 Å². The maximum atomic E-state index is 12.6. The minimum atomic E-state index is -4.60. The smallest absolute Gasteiger partial charge is 0.462 e. The van der Waals surface area contributed by atoms with Gasteiger partial charge < -0.3 is 24.6 Å². The molecule has 0 amide bonds. The topological polar surface area (TPSA) is 149 Å². The molecule has 0 heterocycles. The van der Waals surface area contributed by atoms with E-state index in [9.17, 15) is 24.2 Å². The summed E-state index contributed by atoms with van der Waals surface area (Å²) >= 11 is 0. The van der Waals surface area contributed by atoms with Crippen LogP contribution in [0.1, 0.15) is 194 Å². The molecule has 0 aliphatic rings. The number of rotatable bonds is 38. The van der Waals surface area contributed by atoms with Crippen LogP contribution in [0.5, 0.6) is 0 Å². The second kappa shape index (κ2) is 35.4. The van der Waals surface area contributed by atoms with Crippen LogP contribution in [0.3, 0.4) is 0 Å². The Labute approximate surface area is 299 Å². The third-order valence-corrected chi connectivity index (χ3v) is 9.71. The van der Waals surface area contributed by atoms with Crippen molar-refractivity contribution in [2.45, 2.75) is 206 Å². The van der Waals surface area contributed by atoms with Gasteiger partial charge in [0, 0.05) is 12.8 Å². The van der Waals surface area contributed by atoms with E-state index < -0.39 is 51.8 Å². The van der Waals surface area contributed by atoms with E-state index in [-0.39, 0.29) is 19.4 Å². The third-order valence-electron chi connectivity index (χ3n) is 8.76. The highest BCUT2D eigenvalue weighted by molar-refractivity contribution is 7.47. The van der Waals surface area contributed by atoms with Gasteiger partial charge in [-0.25, -0.2) is 4.57 Å². The molecule has 0 aliphatic carbocycles. The van der Waals surface area contributed by atoms with Crippen molar-refractivity contribution in [2.75, 3.05) is 26.4 Å². The molecular weight excluding hydrogens is 647 g/mol. The van der Waals surface area contributed by atoms with E-state index in [4.69, 9.17) is 19.1 Å². The minimum absolute atomic E-state index is 0.192. The lowest BCUT2D eigenvalue weighted by Gasteiger charge is -2.20. The summed E-state index contributed by atoms with van der Waals surface area (Å²) in [6.07, 6.45) is 29.3. The molecule has 0 fully saturated rings. The van der Waals surface area contributed by atoms with Gasteiger partial charge in [-0.2, -0.15) is 0 Å². The number of phosphoric ester groups is 1. The van der Waals surface area contributed by atoms with Crippen molar-refractivity contribution in [3.63, 3.8) is 0 Å². The molecule has 0 aliphatic heterocycles. The molecule has 0 saturated heterocycles. The first-order valence-corrected chi connectivity index (χ1v) is 21.5. The SMILES string of the molecule is CCCCCCCCCCCCCCCCCCC(=O)OC(COC(=O)CCCCCCCCCCCC)COP(=O)(O)OCC(O)CO. The first-order chi connectivity index (χ1) is 23.7. The van der Waals surface area contributed by atoms with E-state index in [0.29, 0.717) is 12.8 Å². The summed E-state index contributed by atoms with van der Waals surface area (Å²) in [5.41, 5.74) is 0. The van der Waals surface area contributed by atoms with E-state index in [2.05, 4.69) is 18.4 Å². The van der Waals surface area contributed by atoms with Gasteiger partial charge >= 0.3 is 19.8 Å². The lowest BCUT2D eigenvalue weighted by molar-refractivity contribution is -0.161. The van der Waals surface area contributed by atoms with Crippen LogP contribution in [0.2, 0.25) is 0 Å². The van der Waals surface area contributed by atoms with Crippen LogP contribution in [0, 0.1) is 0 Å². The number of carbonyl (C=O) groups excluding carboxylic acids is 2. The number of ether oxygens (including phenoxy) is 2. The number of phosphoric acid groups is 1. The van der Waals surface area contributed by atoms with Gasteiger partial charge in [-0.1, -0.05) is 168 Å². The average molecular weight is 723 g/mol. The van der Waals surface area contributed by atoms with Gasteiger partial charge in [-0.15, -0.1) is 0 Å². The first-order valence-electron chi connectivity index (χ1n) is 20.0. The van der Waals surface area contributed by atoms with Gasteiger partial charge in [-0.3, -0.25) is 18.6 Å². The van der Waals surface area contributed by atoms with Crippen molar-refractivity contribution >= 4 is 19.8 Å². The zero-order chi connectivity index (χ0) is 36.3. The molecule has 3 atom stereocenters. The quantitative estimate of drug-likeness (QED) is 0.0319. The Morgan fingerprint density at radius 1 is 0.531 bits per heavy atom. The third kappa shape index (κ3) is 35.2. The number of unbranched alkanes of at least 4 members (excludes halogenated alkanes) is 24. The molecule has 0 radical (unpaired) electrons. The fourth-order valence-electron chi connectivity index (χ4n) is 5.64. The highest BCUT2D eigenvalue weighted by Crippen LogP contribution is 2.43. The molecule has 0 aromatic rings. The van der Waals surface area contributed by atoms with Crippen LogP contribution in [0.15, 0.2) is 0 Å². The van der Waals surface area contributed by atoms with Crippen molar-refractivity contribution in [1.29, 1.82) is 0 Å². The number of aliphatic hydroxyl groups is 2. The Bertz CT molecular complexity index is 796. The summed E-state index contributed by atoms with van der Waals surface area (Å²) in [4.78, 5) is 34.8. The Balaban J connectivity index is 4.28. The van der Waals surface area contributed by atoms with Gasteiger partial charge in [0.15, 0.2) is 6.10 Å². The van der Waals surface area contributed by atoms with Gasteiger partial charge in [0.25, 0.3) is 0 Å². The molecular formula is C38H75O10P. The van der Waals surface area contributed by atoms with E-state index in [1.54, 1.807) is 0 Å². The molecule has 0 aromatic heterocycles. The maximum Gasteiger partial charge on any atom is 0.472 e. The largest absolute Gasteiger partial charge is 0.472 e. The zero-order valence-electron chi connectivity index (χ0n) is 31.4. The number of hydrogen-bond donors (Lipinski definition) is 3. The summed E-state index contributed by atoms with van der Waals surface area (Å²) in [6, 6.07) is 0. The predicted octanol–water partition coefficient (Wildman–Crippen LogP) is 9.89. The van der Waals surface area contributed by atoms with Gasteiger partial charge in [0.2, 0.25) is 0 Å². The van der Waals surface area contributed by atoms with E-state index in [0.717, 1.165) is 38.5 Å². The van der Waals surface area contributed by atoms with Crippen molar-refractivity contribution in [2.24, 2.45) is 0 Å². The van der Waals surface area contributed by atoms with Crippen LogP contribution >= 0.6 is 7.82 Å². The van der Waals surface area contributed by atoms with Crippen LogP contribution in [0.25, 0.3) is 0 Å². The minimum Gasteiger partial charge on any atom is -0.462 e. The van der Waals surface area contributed by atoms with Crippen molar-refractivity contribution < 1.29 is 47.8 Å². The zero-order valence-corrected chi connectivity index (χ0v) is 32.3. The summed E-state index contributed by atoms with van der Waals surface area (Å²) in [5, 5.41) is 18.3. The van der Waals surface area contributed by atoms with E-state index in [1.807, 2.05) is 0 Å². The number of esters is 2. The molecule has 0 bridgehead atoms. The molecule has 3 unspecified atom stereocenters. The van der Waals surface area contributed by atoms with Crippen LogP contribution in [0.4, 0.5) is 0 Å². The fraction of sp³-hybridized carbons (Fsp3) is 0.947. The second-order valence-electron chi connectivity index (χ2n) is 13.7. The lowest BCUT2D eigenvalue weighted by atomic mass is 10.0. The second-order valence-corrected chi connectivity index (χ2v) is 15.1. The number of aliphatic hydroxyl groups excluding tert-OH is 2. The molecule has 0 saturated carbocycles. The van der Waals surface area contributed by atoms with E-state index >= 15 is 0 Å². The number of carbonyl (C=O) groups is 2. The predicted molar refractivity (Wildman–Crippen MR) is 196 cm³/mol. The highest BCUT2D eigenvalue weighted by Gasteiger charge is 2.27. The highest BCUT2D eigenvalue weighted by atomic mass is 31.2. The van der Waals surface area contributed by atoms with Crippen LogP contribution in [-0.4, -0.2) is 65.7 Å². The first kappa shape index (κ1) is 48.0. The molecule has 3 N–H and O–H groups in total. The molecule has 49 heavy (non-hydrogen) atoms. The van der Waals surface area contributed by atoms with Crippen molar-refractivity contribution in [3.8, 4) is 0 Å². The van der Waals surface area contributed by atoms with Crippen molar-refractivity contribution in [3.05, 3.63) is 0 Å². The average Bonchev–Trinajstić information content (AvgIpc) is 3.09. The van der Waals surface area contributed by atoms with E-state index in [1.165, 1.54) is 116 Å². The summed E-state index contributed by atoms with van der Waals surface area (Å²) in [7, 11) is -4.60. The molecule has 0 spiro atoms. The molecule has 0 rings (SSSR count). The van der Waals surface area contributed by atoms with Gasteiger partial charge in [-0.05, 0) is 12.8 Å². The molecule has 292 valence electrons. The fourth-order valence-corrected chi connectivity index (χ4v) is 6.43. The molecule has 11 heteroatoms. The van der Waals surface area contributed by atoms with Crippen molar-refractivity contribution in [1.82, 2.24) is 0 Å². The van der Waals surface area contributed by atoms with Gasteiger partial charge in [0.05, 0.1) is 19.8 Å². The molecule has 10 nitrogen and oxygen atoms in total. The Morgan fingerprint density at radius 3 is 1.27 bits per heavy atom. The Kier molecular flexibility index (Phi) is 34.6. The summed E-state index contributed by atoms with van der Waals surface area (Å²) < 4.78 is 32.6. The standard InChI is InChI=1S/C38H75O10P/c1-3-5-7-9-11-13-15-16-17-18-19-20-22-24-26-28-30-38(42)48-36(34-47-49(43,44)46-32-35(40)31-39)33-45-37(41)29-27-25-23-21-14-12-10-8-6-4-2/h35-36,39-40H,3-34H2,1-2H3,(H,43,44). The van der Waals surface area contributed by atoms with Gasteiger partial charge in [0.1, 0.15) is 12.7 Å².